The summed E-state index contributed by atoms with van der Waals surface area (Å²) in [6.45, 7) is 1.82. The first kappa shape index (κ1) is 21.5. The minimum atomic E-state index is -3.71. The van der Waals surface area contributed by atoms with Crippen LogP contribution in [0.1, 0.15) is 15.2 Å². The average Bonchev–Trinajstić information content (AvgIpc) is 3.12. The van der Waals surface area contributed by atoms with Crippen LogP contribution in [0.4, 0.5) is 5.13 Å². The molecule has 0 spiro atoms. The number of hydrogen-bond donors (Lipinski definition) is 2. The summed E-state index contributed by atoms with van der Waals surface area (Å²) in [6.07, 6.45) is 5.07. The van der Waals surface area contributed by atoms with Crippen molar-refractivity contribution in [3.8, 4) is 29.4 Å². The maximum atomic E-state index is 12.5. The van der Waals surface area contributed by atoms with E-state index in [1.165, 1.54) is 35.6 Å². The lowest BCUT2D eigenvalue weighted by Gasteiger charge is -2.06. The Bertz CT molecular complexity index is 1190. The first-order chi connectivity index (χ1) is 14.3. The molecule has 0 atom stereocenters. The number of aryl methyl sites for hydroxylation is 1. The number of aromatic nitrogens is 1. The number of benzene rings is 2. The van der Waals surface area contributed by atoms with Gasteiger partial charge in [-0.1, -0.05) is 5.92 Å². The third-order valence-electron chi connectivity index (χ3n) is 4.17. The van der Waals surface area contributed by atoms with Crippen molar-refractivity contribution < 1.29 is 17.9 Å². The molecule has 1 amide bonds. The molecule has 3 rings (SSSR count). The van der Waals surface area contributed by atoms with Crippen molar-refractivity contribution in [1.82, 2.24) is 9.71 Å². The number of amides is 1. The smallest absolute Gasteiger partial charge is 0.257 e. The van der Waals surface area contributed by atoms with Gasteiger partial charge in [0, 0.05) is 16.0 Å². The van der Waals surface area contributed by atoms with Gasteiger partial charge in [-0.05, 0) is 55.5 Å². The number of thiazole rings is 1. The third kappa shape index (κ3) is 4.86. The van der Waals surface area contributed by atoms with Crippen LogP contribution < -0.4 is 14.8 Å². The number of ether oxygens (including phenoxy) is 1. The Morgan fingerprint density at radius 3 is 2.43 bits per heavy atom. The molecule has 0 aliphatic heterocycles. The number of terminal acetylenes is 1. The monoisotopic (exact) mass is 441 g/mol. The molecule has 3 aromatic rings. The Labute approximate surface area is 179 Å². The molecule has 0 aliphatic carbocycles. The summed E-state index contributed by atoms with van der Waals surface area (Å²) in [7, 11) is -2.10. The predicted octanol–water partition coefficient (Wildman–Crippen LogP) is 3.29. The molecule has 30 heavy (non-hydrogen) atoms. The summed E-state index contributed by atoms with van der Waals surface area (Å²) < 4.78 is 31.5. The first-order valence-electron chi connectivity index (χ1n) is 8.80. The van der Waals surface area contributed by atoms with Crippen molar-refractivity contribution >= 4 is 32.4 Å². The molecule has 0 unspecified atom stereocenters. The van der Waals surface area contributed by atoms with Crippen molar-refractivity contribution in [2.24, 2.45) is 0 Å². The lowest BCUT2D eigenvalue weighted by atomic mass is 10.1. The summed E-state index contributed by atoms with van der Waals surface area (Å²) in [5.74, 6) is 2.57. The molecule has 7 nitrogen and oxygen atoms in total. The number of nitrogens with zero attached hydrogens (tertiary/aromatic N) is 1. The molecule has 1 heterocycles. The normalized spacial score (nSPS) is 11.0. The second-order valence-electron chi connectivity index (χ2n) is 6.16. The van der Waals surface area contributed by atoms with Crippen LogP contribution in [0.15, 0.2) is 53.4 Å². The van der Waals surface area contributed by atoms with Gasteiger partial charge in [-0.3, -0.25) is 10.1 Å². The molecule has 2 N–H and O–H groups in total. The summed E-state index contributed by atoms with van der Waals surface area (Å²) >= 11 is 1.36. The fraction of sp³-hybridized carbons (Fsp3) is 0.143. The Morgan fingerprint density at radius 1 is 1.17 bits per heavy atom. The SMILES string of the molecule is C#CCNS(=O)(=O)c1ccc(C(=O)Nc2nc(-c3ccc(OC)cc3)c(C)s2)cc1. The van der Waals surface area contributed by atoms with Gasteiger partial charge in [-0.2, -0.15) is 4.72 Å². The van der Waals surface area contributed by atoms with E-state index in [4.69, 9.17) is 11.2 Å². The van der Waals surface area contributed by atoms with Crippen molar-refractivity contribution in [2.75, 3.05) is 19.0 Å². The number of hydrogen-bond acceptors (Lipinski definition) is 6. The zero-order valence-corrected chi connectivity index (χ0v) is 17.9. The minimum Gasteiger partial charge on any atom is -0.497 e. The van der Waals surface area contributed by atoms with Gasteiger partial charge in [-0.15, -0.1) is 17.8 Å². The van der Waals surface area contributed by atoms with E-state index < -0.39 is 10.0 Å². The zero-order valence-electron chi connectivity index (χ0n) is 16.3. The van der Waals surface area contributed by atoms with Gasteiger partial charge in [0.25, 0.3) is 5.91 Å². The molecule has 0 aliphatic rings. The van der Waals surface area contributed by atoms with Crippen LogP contribution in [0, 0.1) is 19.3 Å². The fourth-order valence-electron chi connectivity index (χ4n) is 2.64. The molecule has 0 radical (unpaired) electrons. The highest BCUT2D eigenvalue weighted by atomic mass is 32.2. The summed E-state index contributed by atoms with van der Waals surface area (Å²) in [5, 5.41) is 3.21. The molecule has 154 valence electrons. The highest BCUT2D eigenvalue weighted by Crippen LogP contribution is 2.31. The molecule has 0 fully saturated rings. The van der Waals surface area contributed by atoms with E-state index in [-0.39, 0.29) is 17.3 Å². The van der Waals surface area contributed by atoms with Crippen LogP contribution in [-0.2, 0) is 10.0 Å². The quantitative estimate of drug-likeness (QED) is 0.549. The lowest BCUT2D eigenvalue weighted by Crippen LogP contribution is -2.24. The van der Waals surface area contributed by atoms with Crippen LogP contribution in [0.3, 0.4) is 0 Å². The second-order valence-corrected chi connectivity index (χ2v) is 9.13. The maximum Gasteiger partial charge on any atom is 0.257 e. The highest BCUT2D eigenvalue weighted by molar-refractivity contribution is 7.89. The Balaban J connectivity index is 1.74. The van der Waals surface area contributed by atoms with Gasteiger partial charge in [0.15, 0.2) is 5.13 Å². The number of nitrogens with one attached hydrogen (secondary N) is 2. The average molecular weight is 442 g/mol. The van der Waals surface area contributed by atoms with Crippen LogP contribution >= 0.6 is 11.3 Å². The molecule has 0 saturated carbocycles. The van der Waals surface area contributed by atoms with E-state index in [1.54, 1.807) is 7.11 Å². The summed E-state index contributed by atoms with van der Waals surface area (Å²) in [6, 6.07) is 13.1. The molecule has 0 saturated heterocycles. The first-order valence-corrected chi connectivity index (χ1v) is 11.1. The van der Waals surface area contributed by atoms with Crippen LogP contribution in [0.5, 0.6) is 5.75 Å². The molecule has 1 aromatic heterocycles. The van der Waals surface area contributed by atoms with Gasteiger partial charge < -0.3 is 4.74 Å². The predicted molar refractivity (Wildman–Crippen MR) is 117 cm³/mol. The zero-order chi connectivity index (χ0) is 21.7. The van der Waals surface area contributed by atoms with Crippen LogP contribution in [0.25, 0.3) is 11.3 Å². The number of rotatable bonds is 7. The standard InChI is InChI=1S/C21H19N3O4S2/c1-4-13-22-30(26,27)18-11-7-16(8-12-18)20(25)24-21-23-19(14(2)29-21)15-5-9-17(28-3)10-6-15/h1,5-12,22H,13H2,2-3H3,(H,23,24,25). The van der Waals surface area contributed by atoms with Crippen molar-refractivity contribution in [2.45, 2.75) is 11.8 Å². The number of carbonyl (C=O) groups excluding carboxylic acids is 1. The largest absolute Gasteiger partial charge is 0.497 e. The van der Waals surface area contributed by atoms with Crippen molar-refractivity contribution in [3.63, 3.8) is 0 Å². The molecule has 0 bridgehead atoms. The lowest BCUT2D eigenvalue weighted by molar-refractivity contribution is 0.102. The van der Waals surface area contributed by atoms with E-state index in [1.807, 2.05) is 31.2 Å². The summed E-state index contributed by atoms with van der Waals surface area (Å²) in [4.78, 5) is 18.0. The second kappa shape index (κ2) is 9.09. The third-order valence-corrected chi connectivity index (χ3v) is 6.47. The van der Waals surface area contributed by atoms with E-state index in [0.717, 1.165) is 21.9 Å². The number of methoxy groups -OCH3 is 1. The topological polar surface area (TPSA) is 97.4 Å². The number of anilines is 1. The van der Waals surface area contributed by atoms with Gasteiger partial charge in [0.1, 0.15) is 5.75 Å². The fourth-order valence-corrected chi connectivity index (χ4v) is 4.41. The molecular formula is C21H19N3O4S2. The van der Waals surface area contributed by atoms with Crippen LogP contribution in [-0.4, -0.2) is 33.0 Å². The van der Waals surface area contributed by atoms with Gasteiger partial charge in [0.05, 0.1) is 24.2 Å². The molecular weight excluding hydrogens is 422 g/mol. The van der Waals surface area contributed by atoms with Gasteiger partial charge >= 0.3 is 0 Å². The van der Waals surface area contributed by atoms with E-state index >= 15 is 0 Å². The minimum absolute atomic E-state index is 0.0289. The van der Waals surface area contributed by atoms with Gasteiger partial charge in [0.2, 0.25) is 10.0 Å². The number of sulfonamides is 1. The van der Waals surface area contributed by atoms with Crippen molar-refractivity contribution in [1.29, 1.82) is 0 Å². The molecule has 2 aromatic carbocycles. The summed E-state index contributed by atoms with van der Waals surface area (Å²) in [5.41, 5.74) is 2.00. The molecule has 9 heteroatoms. The Kier molecular flexibility index (Phi) is 6.52. The van der Waals surface area contributed by atoms with Crippen LogP contribution in [0.2, 0.25) is 0 Å². The number of carbonyl (C=O) groups is 1. The van der Waals surface area contributed by atoms with Crippen molar-refractivity contribution in [3.05, 3.63) is 59.0 Å². The van der Waals surface area contributed by atoms with E-state index in [9.17, 15) is 13.2 Å². The Morgan fingerprint density at radius 2 is 1.83 bits per heavy atom. The highest BCUT2D eigenvalue weighted by Gasteiger charge is 2.16. The van der Waals surface area contributed by atoms with Gasteiger partial charge in [-0.25, -0.2) is 13.4 Å². The van der Waals surface area contributed by atoms with E-state index in [0.29, 0.717) is 10.7 Å². The Hall–Kier alpha value is -3.19. The van der Waals surface area contributed by atoms with E-state index in [2.05, 4.69) is 20.9 Å². The maximum absolute atomic E-state index is 12.5.